The zero-order valence-electron chi connectivity index (χ0n) is 15.4. The first-order valence-corrected chi connectivity index (χ1v) is 9.29. The molecule has 3 rings (SSSR count). The predicted octanol–water partition coefficient (Wildman–Crippen LogP) is 5.13. The number of aromatic nitrogens is 1. The Morgan fingerprint density at radius 1 is 1.12 bits per heavy atom. The van der Waals surface area contributed by atoms with Crippen LogP contribution in [0, 0.1) is 20.8 Å². The van der Waals surface area contributed by atoms with Crippen LogP contribution in [0.5, 0.6) is 0 Å². The standard InChI is InChI=1S/C21H22N2O2S/c1-13-9-14(2)19(15(3)10-13)18-12-26-21(22-18)23-20(24)17-7-5-16(6-8-17)11-25-4/h5-10,12H,11H2,1-4H3,(H,22,23,24). The highest BCUT2D eigenvalue weighted by Gasteiger charge is 2.13. The Bertz CT molecular complexity index is 906. The fourth-order valence-corrected chi connectivity index (χ4v) is 3.81. The zero-order valence-corrected chi connectivity index (χ0v) is 16.2. The number of nitrogens with one attached hydrogen (secondary N) is 1. The number of hydrogen-bond acceptors (Lipinski definition) is 4. The average Bonchev–Trinajstić information content (AvgIpc) is 3.03. The number of methoxy groups -OCH3 is 1. The molecule has 0 unspecified atom stereocenters. The third kappa shape index (κ3) is 4.00. The van der Waals surface area contributed by atoms with Crippen molar-refractivity contribution in [3.63, 3.8) is 0 Å². The normalized spacial score (nSPS) is 10.8. The number of rotatable bonds is 5. The second-order valence-corrected chi connectivity index (χ2v) is 7.25. The Hall–Kier alpha value is -2.50. The highest BCUT2D eigenvalue weighted by molar-refractivity contribution is 7.14. The molecule has 3 aromatic rings. The summed E-state index contributed by atoms with van der Waals surface area (Å²) in [5, 5.41) is 5.48. The Kier molecular flexibility index (Phi) is 5.49. The molecule has 0 bridgehead atoms. The molecule has 0 saturated heterocycles. The molecule has 26 heavy (non-hydrogen) atoms. The molecule has 4 nitrogen and oxygen atoms in total. The summed E-state index contributed by atoms with van der Waals surface area (Å²) in [5.41, 5.74) is 7.30. The maximum atomic E-state index is 12.4. The number of ether oxygens (including phenoxy) is 1. The van der Waals surface area contributed by atoms with Crippen LogP contribution in [0.25, 0.3) is 11.3 Å². The smallest absolute Gasteiger partial charge is 0.257 e. The monoisotopic (exact) mass is 366 g/mol. The Labute approximate surface area is 157 Å². The van der Waals surface area contributed by atoms with Gasteiger partial charge in [-0.1, -0.05) is 29.8 Å². The molecule has 0 aliphatic heterocycles. The number of aryl methyl sites for hydroxylation is 3. The van der Waals surface area contributed by atoms with Crippen molar-refractivity contribution in [3.8, 4) is 11.3 Å². The van der Waals surface area contributed by atoms with Crippen LogP contribution >= 0.6 is 11.3 Å². The van der Waals surface area contributed by atoms with Gasteiger partial charge in [0.05, 0.1) is 12.3 Å². The van der Waals surface area contributed by atoms with E-state index in [1.165, 1.54) is 28.0 Å². The van der Waals surface area contributed by atoms with Gasteiger partial charge in [0, 0.05) is 23.6 Å². The van der Waals surface area contributed by atoms with Gasteiger partial charge >= 0.3 is 0 Å². The molecule has 0 saturated carbocycles. The summed E-state index contributed by atoms with van der Waals surface area (Å²) < 4.78 is 5.09. The van der Waals surface area contributed by atoms with E-state index in [1.807, 2.05) is 17.5 Å². The van der Waals surface area contributed by atoms with Crippen molar-refractivity contribution in [1.82, 2.24) is 4.98 Å². The van der Waals surface area contributed by atoms with Crippen LogP contribution in [-0.4, -0.2) is 18.0 Å². The fraction of sp³-hybridized carbons (Fsp3) is 0.238. The van der Waals surface area contributed by atoms with E-state index in [1.54, 1.807) is 19.2 Å². The molecule has 0 fully saturated rings. The number of carbonyl (C=O) groups excluding carboxylic acids is 1. The van der Waals surface area contributed by atoms with Gasteiger partial charge in [-0.2, -0.15) is 0 Å². The lowest BCUT2D eigenvalue weighted by Crippen LogP contribution is -2.11. The highest BCUT2D eigenvalue weighted by atomic mass is 32.1. The minimum atomic E-state index is -0.160. The van der Waals surface area contributed by atoms with Gasteiger partial charge in [-0.25, -0.2) is 4.98 Å². The van der Waals surface area contributed by atoms with Crippen LogP contribution in [0.2, 0.25) is 0 Å². The third-order valence-electron chi connectivity index (χ3n) is 4.18. The number of amides is 1. The zero-order chi connectivity index (χ0) is 18.7. The molecule has 0 aliphatic carbocycles. The van der Waals surface area contributed by atoms with E-state index in [0.717, 1.165) is 16.8 Å². The van der Waals surface area contributed by atoms with E-state index in [4.69, 9.17) is 4.74 Å². The lowest BCUT2D eigenvalue weighted by molar-refractivity contribution is 0.102. The molecular formula is C21H22N2O2S. The molecule has 134 valence electrons. The van der Waals surface area contributed by atoms with Gasteiger partial charge in [0.2, 0.25) is 0 Å². The van der Waals surface area contributed by atoms with E-state index < -0.39 is 0 Å². The molecule has 1 heterocycles. The first-order valence-electron chi connectivity index (χ1n) is 8.41. The summed E-state index contributed by atoms with van der Waals surface area (Å²) in [7, 11) is 1.65. The number of carbonyl (C=O) groups is 1. The minimum Gasteiger partial charge on any atom is -0.380 e. The van der Waals surface area contributed by atoms with Crippen molar-refractivity contribution in [3.05, 3.63) is 69.6 Å². The summed E-state index contributed by atoms with van der Waals surface area (Å²) in [6.45, 7) is 6.81. The second kappa shape index (κ2) is 7.81. The summed E-state index contributed by atoms with van der Waals surface area (Å²) in [6, 6.07) is 11.7. The SMILES string of the molecule is COCc1ccc(C(=O)Nc2nc(-c3c(C)cc(C)cc3C)cs2)cc1. The van der Waals surface area contributed by atoms with Gasteiger partial charge in [-0.05, 0) is 49.6 Å². The molecule has 0 atom stereocenters. The average molecular weight is 366 g/mol. The topological polar surface area (TPSA) is 51.2 Å². The Morgan fingerprint density at radius 2 is 1.77 bits per heavy atom. The van der Waals surface area contributed by atoms with Crippen LogP contribution in [0.4, 0.5) is 5.13 Å². The van der Waals surface area contributed by atoms with Crippen molar-refractivity contribution in [2.75, 3.05) is 12.4 Å². The molecule has 1 N–H and O–H groups in total. The van der Waals surface area contributed by atoms with Crippen LogP contribution in [0.3, 0.4) is 0 Å². The molecule has 2 aromatic carbocycles. The van der Waals surface area contributed by atoms with E-state index in [2.05, 4.69) is 43.2 Å². The lowest BCUT2D eigenvalue weighted by atomic mass is 9.98. The molecular weight excluding hydrogens is 344 g/mol. The third-order valence-corrected chi connectivity index (χ3v) is 4.94. The summed E-state index contributed by atoms with van der Waals surface area (Å²) in [4.78, 5) is 17.0. The second-order valence-electron chi connectivity index (χ2n) is 6.40. The first kappa shape index (κ1) is 18.3. The van der Waals surface area contributed by atoms with Crippen LogP contribution < -0.4 is 5.32 Å². The molecule has 5 heteroatoms. The summed E-state index contributed by atoms with van der Waals surface area (Å²) >= 11 is 1.44. The Balaban J connectivity index is 1.77. The van der Waals surface area contributed by atoms with Crippen molar-refractivity contribution in [2.45, 2.75) is 27.4 Å². The van der Waals surface area contributed by atoms with E-state index in [9.17, 15) is 4.79 Å². The van der Waals surface area contributed by atoms with Crippen molar-refractivity contribution < 1.29 is 9.53 Å². The van der Waals surface area contributed by atoms with Crippen molar-refractivity contribution in [2.24, 2.45) is 0 Å². The van der Waals surface area contributed by atoms with Crippen molar-refractivity contribution in [1.29, 1.82) is 0 Å². The summed E-state index contributed by atoms with van der Waals surface area (Å²) in [6.07, 6.45) is 0. The molecule has 0 aliphatic rings. The van der Waals surface area contributed by atoms with Gasteiger partial charge in [-0.3, -0.25) is 10.1 Å². The Morgan fingerprint density at radius 3 is 2.38 bits per heavy atom. The molecule has 1 aromatic heterocycles. The van der Waals surface area contributed by atoms with Crippen LogP contribution in [-0.2, 0) is 11.3 Å². The van der Waals surface area contributed by atoms with Crippen molar-refractivity contribution >= 4 is 22.4 Å². The molecule has 0 radical (unpaired) electrons. The van der Waals surface area contributed by atoms with Crippen LogP contribution in [0.1, 0.15) is 32.6 Å². The van der Waals surface area contributed by atoms with Gasteiger partial charge in [0.1, 0.15) is 0 Å². The first-order chi connectivity index (χ1) is 12.5. The minimum absolute atomic E-state index is 0.160. The predicted molar refractivity (Wildman–Crippen MR) is 107 cm³/mol. The number of thiazole rings is 1. The maximum Gasteiger partial charge on any atom is 0.257 e. The lowest BCUT2D eigenvalue weighted by Gasteiger charge is -2.08. The van der Waals surface area contributed by atoms with Gasteiger partial charge in [-0.15, -0.1) is 11.3 Å². The summed E-state index contributed by atoms with van der Waals surface area (Å²) in [5.74, 6) is -0.160. The van der Waals surface area contributed by atoms with E-state index >= 15 is 0 Å². The highest BCUT2D eigenvalue weighted by Crippen LogP contribution is 2.31. The maximum absolute atomic E-state index is 12.4. The molecule has 1 amide bonds. The fourth-order valence-electron chi connectivity index (χ4n) is 3.12. The molecule has 0 spiro atoms. The number of nitrogens with zero attached hydrogens (tertiary/aromatic N) is 1. The van der Waals surface area contributed by atoms with E-state index in [-0.39, 0.29) is 5.91 Å². The largest absolute Gasteiger partial charge is 0.380 e. The number of hydrogen-bond donors (Lipinski definition) is 1. The number of benzene rings is 2. The van der Waals surface area contributed by atoms with Crippen LogP contribution in [0.15, 0.2) is 41.8 Å². The van der Waals surface area contributed by atoms with Gasteiger partial charge < -0.3 is 4.74 Å². The number of anilines is 1. The quantitative estimate of drug-likeness (QED) is 0.681. The van der Waals surface area contributed by atoms with E-state index in [0.29, 0.717) is 17.3 Å². The van der Waals surface area contributed by atoms with Gasteiger partial charge in [0.25, 0.3) is 5.91 Å². The van der Waals surface area contributed by atoms with Gasteiger partial charge in [0.15, 0.2) is 5.13 Å².